The largest absolute Gasteiger partial charge is 0.441 e. The minimum absolute atomic E-state index is 0.725. The van der Waals surface area contributed by atoms with Gasteiger partial charge in [0.15, 0.2) is 0 Å². The van der Waals surface area contributed by atoms with Crippen LogP contribution in [0, 0.1) is 0 Å². The fraction of sp³-hybridized carbons (Fsp3) is 0.500. The average Bonchev–Trinajstić information content (AvgIpc) is 1.69. The van der Waals surface area contributed by atoms with Crippen LogP contribution in [0.15, 0.2) is 15.8 Å². The summed E-state index contributed by atoms with van der Waals surface area (Å²) in [5, 5.41) is 1.61. The van der Waals surface area contributed by atoms with Gasteiger partial charge in [0, 0.05) is 6.54 Å². The van der Waals surface area contributed by atoms with Crippen LogP contribution in [-0.4, -0.2) is 6.54 Å². The first-order valence-corrected chi connectivity index (χ1v) is 3.31. The molecule has 1 heterocycles. The highest BCUT2D eigenvalue weighted by Gasteiger charge is 1.75. The topological polar surface area (TPSA) is 29.4 Å². The number of hydrogen-bond acceptors (Lipinski definition) is 3. The van der Waals surface area contributed by atoms with Crippen molar-refractivity contribution in [3.05, 3.63) is 11.5 Å². The predicted molar refractivity (Wildman–Crippen MR) is 29.1 cm³/mol. The quantitative estimate of drug-likeness (QED) is 0.435. The Morgan fingerprint density at radius 2 is 2.57 bits per heavy atom. The average molecular weight is 116 g/mol. The molecule has 1 rings (SSSR count). The van der Waals surface area contributed by atoms with Crippen LogP contribution < -0.4 is 0 Å². The van der Waals surface area contributed by atoms with E-state index in [0.29, 0.717) is 0 Å². The highest BCUT2D eigenvalue weighted by molar-refractivity contribution is 7.78. The van der Waals surface area contributed by atoms with Crippen molar-refractivity contribution in [2.45, 2.75) is 6.42 Å². The lowest BCUT2D eigenvalue weighted by molar-refractivity contribution is 0.602. The fourth-order valence-electron chi connectivity index (χ4n) is 0.411. The minimum Gasteiger partial charge on any atom is -0.441 e. The monoisotopic (exact) mass is 116 g/mol. The van der Waals surface area contributed by atoms with Gasteiger partial charge in [0.25, 0.3) is 0 Å². The molecule has 0 aromatic carbocycles. The molecule has 1 aliphatic rings. The van der Waals surface area contributed by atoms with E-state index in [9.17, 15) is 4.21 Å². The Morgan fingerprint density at radius 1 is 1.71 bits per heavy atom. The van der Waals surface area contributed by atoms with Gasteiger partial charge in [-0.15, -0.1) is 11.5 Å². The molecule has 0 saturated carbocycles. The van der Waals surface area contributed by atoms with Gasteiger partial charge in [-0.05, 0) is 6.42 Å². The van der Waals surface area contributed by atoms with Crippen LogP contribution in [0.3, 0.4) is 0 Å². The number of rotatable bonds is 0. The van der Waals surface area contributed by atoms with Crippen LogP contribution >= 0.6 is 0 Å². The second-order valence-corrected chi connectivity index (χ2v) is 2.37. The van der Waals surface area contributed by atoms with Crippen molar-refractivity contribution in [1.29, 1.82) is 0 Å². The first-order valence-electron chi connectivity index (χ1n) is 2.14. The van der Waals surface area contributed by atoms with Crippen LogP contribution in [0.1, 0.15) is 6.42 Å². The highest BCUT2D eigenvalue weighted by atomic mass is 32.2. The van der Waals surface area contributed by atoms with E-state index in [2.05, 4.69) is 4.36 Å². The molecule has 40 valence electrons. The molecule has 0 bridgehead atoms. The van der Waals surface area contributed by atoms with Gasteiger partial charge in [0.05, 0.1) is 0 Å². The molecule has 0 radical (unpaired) electrons. The van der Waals surface area contributed by atoms with E-state index in [0.717, 1.165) is 13.0 Å². The zero-order valence-corrected chi connectivity index (χ0v) is 4.65. The molecule has 2 nitrogen and oxygen atoms in total. The van der Waals surface area contributed by atoms with Gasteiger partial charge in [-0.1, -0.05) is 0 Å². The van der Waals surface area contributed by atoms with E-state index >= 15 is 0 Å². The first kappa shape index (κ1) is 4.84. The van der Waals surface area contributed by atoms with Crippen LogP contribution in [-0.2, 0) is 14.8 Å². The third-order valence-corrected chi connectivity index (χ3v) is 1.59. The first-order chi connectivity index (χ1) is 3.39. The molecule has 0 amide bonds. The summed E-state index contributed by atoms with van der Waals surface area (Å²) in [4.78, 5) is 0. The summed E-state index contributed by atoms with van der Waals surface area (Å²) in [5.41, 5.74) is 0. The van der Waals surface area contributed by atoms with Crippen molar-refractivity contribution in [2.75, 3.05) is 6.54 Å². The zero-order valence-electron chi connectivity index (χ0n) is 3.83. The molecular formula is C4H6NOS-. The van der Waals surface area contributed by atoms with Crippen LogP contribution in [0.4, 0.5) is 0 Å². The Hall–Kier alpha value is -0.310. The summed E-state index contributed by atoms with van der Waals surface area (Å²) in [6.07, 6.45) is 2.84. The minimum atomic E-state index is -0.996. The van der Waals surface area contributed by atoms with Gasteiger partial charge >= 0.3 is 0 Å². The molecule has 0 aliphatic carbocycles. The Bertz CT molecular complexity index is 155. The lowest BCUT2D eigenvalue weighted by atomic mass is 10.4. The molecule has 0 unspecified atom stereocenters. The standard InChI is InChI=1S/C4H6NOS/c6-7-4-2-1-3-5-7/h2,4H,1,3H2/q-1. The van der Waals surface area contributed by atoms with E-state index in [-0.39, 0.29) is 0 Å². The maximum atomic E-state index is 10.3. The number of hydrogen-bond donors (Lipinski definition) is 0. The van der Waals surface area contributed by atoms with Crippen LogP contribution in [0.2, 0.25) is 0 Å². The lowest BCUT2D eigenvalue weighted by Crippen LogP contribution is -1.82. The molecule has 0 saturated heterocycles. The summed E-state index contributed by atoms with van der Waals surface area (Å²) in [6, 6.07) is 0. The zero-order chi connectivity index (χ0) is 5.11. The van der Waals surface area contributed by atoms with E-state index in [1.165, 1.54) is 0 Å². The van der Waals surface area contributed by atoms with Gasteiger partial charge in [0.2, 0.25) is 0 Å². The van der Waals surface area contributed by atoms with E-state index < -0.39 is 10.6 Å². The van der Waals surface area contributed by atoms with Crippen molar-refractivity contribution >= 4 is 10.6 Å². The van der Waals surface area contributed by atoms with Gasteiger partial charge in [-0.3, -0.25) is 0 Å². The van der Waals surface area contributed by atoms with E-state index in [1.54, 1.807) is 5.41 Å². The smallest absolute Gasteiger partial charge is 0.0159 e. The Labute approximate surface area is 44.4 Å². The molecule has 0 aromatic heterocycles. The molecule has 0 aromatic rings. The van der Waals surface area contributed by atoms with Crippen molar-refractivity contribution in [2.24, 2.45) is 4.36 Å². The third kappa shape index (κ3) is 1.31. The van der Waals surface area contributed by atoms with Crippen molar-refractivity contribution in [3.8, 4) is 0 Å². The van der Waals surface area contributed by atoms with Gasteiger partial charge in [-0.2, -0.15) is 10.6 Å². The fourth-order valence-corrected chi connectivity index (χ4v) is 1.08. The summed E-state index contributed by atoms with van der Waals surface area (Å²) in [7, 11) is -0.996. The molecule has 0 atom stereocenters. The molecular weight excluding hydrogens is 110 g/mol. The van der Waals surface area contributed by atoms with Crippen molar-refractivity contribution in [3.63, 3.8) is 0 Å². The Balaban J connectivity index is 2.77. The van der Waals surface area contributed by atoms with E-state index in [1.807, 2.05) is 6.08 Å². The summed E-state index contributed by atoms with van der Waals surface area (Å²) < 4.78 is 14.0. The molecule has 0 fully saturated rings. The SMILES string of the molecule is O=[S-]1=NCCC=C1. The van der Waals surface area contributed by atoms with Gasteiger partial charge in [-0.25, -0.2) is 0 Å². The normalized spacial score (nSPS) is 21.7. The lowest BCUT2D eigenvalue weighted by Gasteiger charge is -2.01. The summed E-state index contributed by atoms with van der Waals surface area (Å²) in [5.74, 6) is 0. The summed E-state index contributed by atoms with van der Waals surface area (Å²) >= 11 is 0. The van der Waals surface area contributed by atoms with Crippen LogP contribution in [0.5, 0.6) is 0 Å². The second kappa shape index (κ2) is 2.12. The third-order valence-electron chi connectivity index (χ3n) is 0.727. The number of nitrogens with zero attached hydrogens (tertiary/aromatic N) is 1. The molecule has 3 heteroatoms. The predicted octanol–water partition coefficient (Wildman–Crippen LogP) is 1.05. The molecule has 7 heavy (non-hydrogen) atoms. The Morgan fingerprint density at radius 3 is 2.86 bits per heavy atom. The molecule has 0 N–H and O–H groups in total. The van der Waals surface area contributed by atoms with Crippen LogP contribution in [0.25, 0.3) is 0 Å². The Kier molecular flexibility index (Phi) is 1.46. The van der Waals surface area contributed by atoms with Crippen molar-refractivity contribution < 1.29 is 4.21 Å². The van der Waals surface area contributed by atoms with Crippen molar-refractivity contribution in [1.82, 2.24) is 0 Å². The maximum absolute atomic E-state index is 10.3. The molecule has 1 aliphatic heterocycles. The van der Waals surface area contributed by atoms with Gasteiger partial charge < -0.3 is 8.57 Å². The van der Waals surface area contributed by atoms with Gasteiger partial charge in [0.1, 0.15) is 0 Å². The summed E-state index contributed by atoms with van der Waals surface area (Å²) in [6.45, 7) is 0.725. The second-order valence-electron chi connectivity index (χ2n) is 1.29. The highest BCUT2D eigenvalue weighted by Crippen LogP contribution is 1.93. The maximum Gasteiger partial charge on any atom is 0.0159 e. The van der Waals surface area contributed by atoms with E-state index in [4.69, 9.17) is 0 Å². The molecule has 0 spiro atoms.